The molecule has 0 saturated carbocycles. The van der Waals surface area contributed by atoms with Crippen LogP contribution < -0.4 is 24.8 Å². The van der Waals surface area contributed by atoms with Gasteiger partial charge in [-0.15, -0.1) is 0 Å². The van der Waals surface area contributed by atoms with Gasteiger partial charge in [0.05, 0.1) is 18.6 Å². The number of ether oxygens (including phenoxy) is 2. The van der Waals surface area contributed by atoms with E-state index in [0.29, 0.717) is 11.3 Å². The van der Waals surface area contributed by atoms with Gasteiger partial charge in [0, 0.05) is 11.4 Å². The van der Waals surface area contributed by atoms with Gasteiger partial charge in [0.15, 0.2) is 11.5 Å². The van der Waals surface area contributed by atoms with Crippen LogP contribution in [-0.2, 0) is 4.79 Å². The molecule has 7 nitrogen and oxygen atoms in total. The fourth-order valence-corrected chi connectivity index (χ4v) is 3.64. The zero-order chi connectivity index (χ0) is 22.0. The standard InChI is InChI=1S/C24H22N2O5/c1-15-6-5-7-17(12-15)26-23(25-19-9-4-3-8-18(19)24(26)29)16-10-11-20(21(13-16)30-2)31-14-22(27)28/h3-13,23,25H,14H2,1-2H3,(H,27,28)/p-1/t23-/m0/s1. The van der Waals surface area contributed by atoms with Crippen LogP contribution in [0.15, 0.2) is 66.7 Å². The Bertz CT molecular complexity index is 1140. The lowest BCUT2D eigenvalue weighted by Gasteiger charge is -2.38. The Labute approximate surface area is 179 Å². The van der Waals surface area contributed by atoms with Crippen molar-refractivity contribution >= 4 is 23.3 Å². The van der Waals surface area contributed by atoms with Gasteiger partial charge in [0.1, 0.15) is 12.8 Å². The van der Waals surface area contributed by atoms with Crippen LogP contribution in [-0.4, -0.2) is 25.6 Å². The predicted molar refractivity (Wildman–Crippen MR) is 114 cm³/mol. The van der Waals surface area contributed by atoms with Crippen LogP contribution in [0.25, 0.3) is 0 Å². The second-order valence-electron chi connectivity index (χ2n) is 7.18. The molecule has 4 rings (SSSR count). The first-order chi connectivity index (χ1) is 15.0. The first kappa shape index (κ1) is 20.3. The van der Waals surface area contributed by atoms with Gasteiger partial charge in [-0.25, -0.2) is 0 Å². The van der Waals surface area contributed by atoms with Crippen LogP contribution in [0.3, 0.4) is 0 Å². The van der Waals surface area contributed by atoms with Crippen LogP contribution in [0.2, 0.25) is 0 Å². The molecule has 0 aromatic heterocycles. The van der Waals surface area contributed by atoms with Crippen molar-refractivity contribution in [3.8, 4) is 11.5 Å². The molecule has 7 heteroatoms. The molecule has 3 aromatic rings. The monoisotopic (exact) mass is 417 g/mol. The highest BCUT2D eigenvalue weighted by atomic mass is 16.5. The summed E-state index contributed by atoms with van der Waals surface area (Å²) in [6.45, 7) is 1.39. The summed E-state index contributed by atoms with van der Waals surface area (Å²) in [5, 5.41) is 14.2. The third-order valence-corrected chi connectivity index (χ3v) is 5.06. The minimum atomic E-state index is -1.33. The number of nitrogens with zero attached hydrogens (tertiary/aromatic N) is 1. The minimum absolute atomic E-state index is 0.124. The summed E-state index contributed by atoms with van der Waals surface area (Å²) in [7, 11) is 1.47. The van der Waals surface area contributed by atoms with Crippen LogP contribution in [0.5, 0.6) is 11.5 Å². The van der Waals surface area contributed by atoms with Crippen LogP contribution >= 0.6 is 0 Å². The van der Waals surface area contributed by atoms with Gasteiger partial charge in [-0.3, -0.25) is 9.69 Å². The van der Waals surface area contributed by atoms with Crippen molar-refractivity contribution in [3.05, 3.63) is 83.4 Å². The van der Waals surface area contributed by atoms with E-state index < -0.39 is 18.7 Å². The number of carboxylic acid groups (broad SMARTS) is 1. The maximum atomic E-state index is 13.5. The van der Waals surface area contributed by atoms with Crippen molar-refractivity contribution < 1.29 is 24.2 Å². The van der Waals surface area contributed by atoms with E-state index in [0.717, 1.165) is 22.5 Å². The average molecular weight is 417 g/mol. The maximum absolute atomic E-state index is 13.5. The molecule has 0 aliphatic carbocycles. The van der Waals surface area contributed by atoms with E-state index >= 15 is 0 Å². The molecule has 158 valence electrons. The van der Waals surface area contributed by atoms with Crippen LogP contribution in [0.1, 0.15) is 27.7 Å². The van der Waals surface area contributed by atoms with Crippen molar-refractivity contribution in [1.82, 2.24) is 0 Å². The van der Waals surface area contributed by atoms with Crippen molar-refractivity contribution in [2.24, 2.45) is 0 Å². The highest BCUT2D eigenvalue weighted by Gasteiger charge is 2.34. The molecule has 31 heavy (non-hydrogen) atoms. The van der Waals surface area contributed by atoms with Crippen molar-refractivity contribution in [3.63, 3.8) is 0 Å². The molecule has 3 aromatic carbocycles. The van der Waals surface area contributed by atoms with Crippen LogP contribution in [0.4, 0.5) is 11.4 Å². The normalized spacial score (nSPS) is 15.1. The molecule has 1 aliphatic heterocycles. The second kappa shape index (κ2) is 8.39. The largest absolute Gasteiger partial charge is 0.546 e. The quantitative estimate of drug-likeness (QED) is 0.663. The molecular formula is C24H21N2O5-. The molecule has 0 spiro atoms. The molecule has 1 N–H and O–H groups in total. The third-order valence-electron chi connectivity index (χ3n) is 5.06. The average Bonchev–Trinajstić information content (AvgIpc) is 2.77. The van der Waals surface area contributed by atoms with Gasteiger partial charge >= 0.3 is 0 Å². The fraction of sp³-hybridized carbons (Fsp3) is 0.167. The number of amides is 1. The molecule has 0 fully saturated rings. The number of benzene rings is 3. The van der Waals surface area contributed by atoms with Gasteiger partial charge in [-0.2, -0.15) is 0 Å². The minimum Gasteiger partial charge on any atom is -0.546 e. The first-order valence-electron chi connectivity index (χ1n) is 9.74. The summed E-state index contributed by atoms with van der Waals surface area (Å²) in [5.41, 5.74) is 3.86. The highest BCUT2D eigenvalue weighted by molar-refractivity contribution is 6.12. The molecular weight excluding hydrogens is 396 g/mol. The molecule has 1 atom stereocenters. The lowest BCUT2D eigenvalue weighted by molar-refractivity contribution is -0.307. The number of hydrogen-bond acceptors (Lipinski definition) is 6. The Balaban J connectivity index is 1.79. The SMILES string of the molecule is COc1cc([C@H]2Nc3ccccc3C(=O)N2c2cccc(C)c2)ccc1OCC(=O)[O-]. The van der Waals surface area contributed by atoms with Gasteiger partial charge in [0.2, 0.25) is 0 Å². The number of nitrogens with one attached hydrogen (secondary N) is 1. The topological polar surface area (TPSA) is 90.9 Å². The maximum Gasteiger partial charge on any atom is 0.262 e. The second-order valence-corrected chi connectivity index (χ2v) is 7.18. The van der Waals surface area contributed by atoms with E-state index in [2.05, 4.69) is 5.32 Å². The number of hydrogen-bond donors (Lipinski definition) is 1. The molecule has 1 heterocycles. The van der Waals surface area contributed by atoms with Gasteiger partial charge in [-0.1, -0.05) is 30.3 Å². The number of aliphatic carboxylic acids is 1. The number of anilines is 2. The third kappa shape index (κ3) is 4.02. The highest BCUT2D eigenvalue weighted by Crippen LogP contribution is 2.39. The Morgan fingerprint density at radius 2 is 1.87 bits per heavy atom. The summed E-state index contributed by atoms with van der Waals surface area (Å²) in [5.74, 6) is -0.815. The number of para-hydroxylation sites is 1. The smallest absolute Gasteiger partial charge is 0.262 e. The number of carboxylic acids is 1. The number of methoxy groups -OCH3 is 1. The van der Waals surface area contributed by atoms with E-state index in [4.69, 9.17) is 9.47 Å². The summed E-state index contributed by atoms with van der Waals surface area (Å²) in [6, 6.07) is 20.2. The van der Waals surface area contributed by atoms with E-state index in [-0.39, 0.29) is 11.7 Å². The Hall–Kier alpha value is -4.00. The summed E-state index contributed by atoms with van der Waals surface area (Å²) in [6.07, 6.45) is -0.506. The Kier molecular flexibility index (Phi) is 5.49. The van der Waals surface area contributed by atoms with Crippen molar-refractivity contribution in [2.75, 3.05) is 23.9 Å². The number of carbonyl (C=O) groups excluding carboxylic acids is 2. The number of carbonyl (C=O) groups is 2. The first-order valence-corrected chi connectivity index (χ1v) is 9.74. The van der Waals surface area contributed by atoms with Crippen molar-refractivity contribution in [2.45, 2.75) is 13.1 Å². The molecule has 0 unspecified atom stereocenters. The Morgan fingerprint density at radius 3 is 2.61 bits per heavy atom. The number of aryl methyl sites for hydroxylation is 1. The fourth-order valence-electron chi connectivity index (χ4n) is 3.64. The van der Waals surface area contributed by atoms with Gasteiger partial charge < -0.3 is 24.7 Å². The van der Waals surface area contributed by atoms with Gasteiger partial charge in [-0.05, 0) is 54.4 Å². The predicted octanol–water partition coefficient (Wildman–Crippen LogP) is 2.90. The molecule has 1 aliphatic rings. The lowest BCUT2D eigenvalue weighted by atomic mass is 10.0. The summed E-state index contributed by atoms with van der Waals surface area (Å²) in [4.78, 5) is 25.9. The summed E-state index contributed by atoms with van der Waals surface area (Å²) >= 11 is 0. The van der Waals surface area contributed by atoms with E-state index in [1.54, 1.807) is 29.2 Å². The molecule has 1 amide bonds. The van der Waals surface area contributed by atoms with E-state index in [9.17, 15) is 14.7 Å². The zero-order valence-corrected chi connectivity index (χ0v) is 17.1. The van der Waals surface area contributed by atoms with E-state index in [1.165, 1.54) is 7.11 Å². The molecule has 0 saturated heterocycles. The lowest BCUT2D eigenvalue weighted by Crippen LogP contribution is -2.43. The summed E-state index contributed by atoms with van der Waals surface area (Å²) < 4.78 is 10.6. The zero-order valence-electron chi connectivity index (χ0n) is 17.1. The number of fused-ring (bicyclic) bond motifs is 1. The Morgan fingerprint density at radius 1 is 1.06 bits per heavy atom. The van der Waals surface area contributed by atoms with Crippen molar-refractivity contribution in [1.29, 1.82) is 0 Å². The number of rotatable bonds is 6. The molecule has 0 radical (unpaired) electrons. The van der Waals surface area contributed by atoms with Gasteiger partial charge in [0.25, 0.3) is 5.91 Å². The van der Waals surface area contributed by atoms with E-state index in [1.807, 2.05) is 49.4 Å². The molecule has 0 bridgehead atoms. The van der Waals surface area contributed by atoms with Crippen LogP contribution in [0, 0.1) is 6.92 Å².